The molecule has 0 bridgehead atoms. The SMILES string of the molecule is CC1(C)CN(C(=O)c2cscn2)CCS1. The molecule has 5 heteroatoms. The first-order valence-electron chi connectivity index (χ1n) is 4.90. The van der Waals surface area contributed by atoms with Crippen LogP contribution in [0, 0.1) is 0 Å². The summed E-state index contributed by atoms with van der Waals surface area (Å²) < 4.78 is 0.171. The Morgan fingerprint density at radius 3 is 3.00 bits per heavy atom. The highest BCUT2D eigenvalue weighted by Crippen LogP contribution is 2.30. The Balaban J connectivity index is 2.08. The van der Waals surface area contributed by atoms with E-state index in [4.69, 9.17) is 0 Å². The van der Waals surface area contributed by atoms with Crippen LogP contribution in [-0.2, 0) is 0 Å². The van der Waals surface area contributed by atoms with E-state index in [-0.39, 0.29) is 10.7 Å². The number of aromatic nitrogens is 1. The second-order valence-corrected chi connectivity index (χ2v) is 6.73. The van der Waals surface area contributed by atoms with Crippen molar-refractivity contribution >= 4 is 29.0 Å². The summed E-state index contributed by atoms with van der Waals surface area (Å²) in [7, 11) is 0. The van der Waals surface area contributed by atoms with Crippen molar-refractivity contribution in [3.63, 3.8) is 0 Å². The topological polar surface area (TPSA) is 33.2 Å². The van der Waals surface area contributed by atoms with Gasteiger partial charge in [-0.2, -0.15) is 11.8 Å². The van der Waals surface area contributed by atoms with Gasteiger partial charge in [0.1, 0.15) is 5.69 Å². The van der Waals surface area contributed by atoms with Crippen molar-refractivity contribution in [1.82, 2.24) is 9.88 Å². The number of thioether (sulfide) groups is 1. The maximum absolute atomic E-state index is 12.0. The van der Waals surface area contributed by atoms with Gasteiger partial charge in [0.2, 0.25) is 0 Å². The fraction of sp³-hybridized carbons (Fsp3) is 0.600. The Morgan fingerprint density at radius 2 is 2.40 bits per heavy atom. The molecule has 1 fully saturated rings. The quantitative estimate of drug-likeness (QED) is 0.756. The Morgan fingerprint density at radius 1 is 1.60 bits per heavy atom. The van der Waals surface area contributed by atoms with E-state index < -0.39 is 0 Å². The molecule has 1 amide bonds. The lowest BCUT2D eigenvalue weighted by Crippen LogP contribution is -2.46. The van der Waals surface area contributed by atoms with Crippen LogP contribution in [0.25, 0.3) is 0 Å². The van der Waals surface area contributed by atoms with Gasteiger partial charge < -0.3 is 4.90 Å². The van der Waals surface area contributed by atoms with Crippen LogP contribution in [0.1, 0.15) is 24.3 Å². The molecule has 1 aliphatic heterocycles. The minimum absolute atomic E-state index is 0.0737. The third kappa shape index (κ3) is 2.52. The number of thiazole rings is 1. The summed E-state index contributed by atoms with van der Waals surface area (Å²) in [6, 6.07) is 0. The fourth-order valence-corrected chi connectivity index (χ4v) is 3.31. The molecule has 0 saturated carbocycles. The fourth-order valence-electron chi connectivity index (χ4n) is 1.67. The molecule has 0 radical (unpaired) electrons. The van der Waals surface area contributed by atoms with Crippen molar-refractivity contribution < 1.29 is 4.79 Å². The number of rotatable bonds is 1. The highest BCUT2D eigenvalue weighted by atomic mass is 32.2. The van der Waals surface area contributed by atoms with Crippen molar-refractivity contribution in [2.24, 2.45) is 0 Å². The molecular weight excluding hydrogens is 228 g/mol. The third-order valence-electron chi connectivity index (χ3n) is 2.36. The smallest absolute Gasteiger partial charge is 0.273 e. The number of carbonyl (C=O) groups is 1. The summed E-state index contributed by atoms with van der Waals surface area (Å²) in [6.07, 6.45) is 0. The minimum Gasteiger partial charge on any atom is -0.335 e. The van der Waals surface area contributed by atoms with E-state index >= 15 is 0 Å². The average molecular weight is 242 g/mol. The molecule has 1 saturated heterocycles. The van der Waals surface area contributed by atoms with Gasteiger partial charge in [0.25, 0.3) is 5.91 Å². The summed E-state index contributed by atoms with van der Waals surface area (Å²) in [6.45, 7) is 6.01. The van der Waals surface area contributed by atoms with Crippen LogP contribution in [0.15, 0.2) is 10.9 Å². The molecule has 2 rings (SSSR count). The standard InChI is InChI=1S/C10H14N2OS2/c1-10(2)6-12(3-4-15-10)9(13)8-5-14-7-11-8/h5,7H,3-4,6H2,1-2H3. The molecule has 3 nitrogen and oxygen atoms in total. The number of amides is 1. The van der Waals surface area contributed by atoms with E-state index in [1.54, 1.807) is 5.51 Å². The van der Waals surface area contributed by atoms with Crippen LogP contribution >= 0.6 is 23.1 Å². The maximum atomic E-state index is 12.0. The second-order valence-electron chi connectivity index (χ2n) is 4.21. The summed E-state index contributed by atoms with van der Waals surface area (Å²) >= 11 is 3.40. The summed E-state index contributed by atoms with van der Waals surface area (Å²) in [5.41, 5.74) is 2.29. The maximum Gasteiger partial charge on any atom is 0.273 e. The highest BCUT2D eigenvalue weighted by molar-refractivity contribution is 8.00. The van der Waals surface area contributed by atoms with Gasteiger partial charge in [-0.3, -0.25) is 4.79 Å². The molecule has 2 heterocycles. The van der Waals surface area contributed by atoms with E-state index in [1.807, 2.05) is 22.0 Å². The van der Waals surface area contributed by atoms with Gasteiger partial charge >= 0.3 is 0 Å². The zero-order valence-electron chi connectivity index (χ0n) is 8.90. The lowest BCUT2D eigenvalue weighted by atomic mass is 10.2. The zero-order valence-corrected chi connectivity index (χ0v) is 10.5. The molecule has 1 aromatic heterocycles. The Kier molecular flexibility index (Phi) is 3.02. The Hall–Kier alpha value is -0.550. The van der Waals surface area contributed by atoms with Crippen molar-refractivity contribution in [1.29, 1.82) is 0 Å². The molecule has 0 unspecified atom stereocenters. The van der Waals surface area contributed by atoms with Crippen molar-refractivity contribution in [3.8, 4) is 0 Å². The number of hydrogen-bond acceptors (Lipinski definition) is 4. The zero-order chi connectivity index (χ0) is 10.9. The molecule has 1 aromatic rings. The van der Waals surface area contributed by atoms with Crippen LogP contribution in [-0.4, -0.2) is 39.4 Å². The van der Waals surface area contributed by atoms with Crippen molar-refractivity contribution in [2.45, 2.75) is 18.6 Å². The first-order chi connectivity index (χ1) is 7.08. The van der Waals surface area contributed by atoms with Crippen LogP contribution in [0.2, 0.25) is 0 Å². The van der Waals surface area contributed by atoms with Crippen molar-refractivity contribution in [2.75, 3.05) is 18.8 Å². The first kappa shape index (κ1) is 11.0. The van der Waals surface area contributed by atoms with E-state index in [0.29, 0.717) is 5.69 Å². The van der Waals surface area contributed by atoms with Crippen LogP contribution in [0.3, 0.4) is 0 Å². The molecular formula is C10H14N2OS2. The van der Waals surface area contributed by atoms with Gasteiger partial charge in [-0.15, -0.1) is 11.3 Å². The lowest BCUT2D eigenvalue weighted by Gasteiger charge is -2.37. The molecule has 0 N–H and O–H groups in total. The molecule has 0 aliphatic carbocycles. The predicted octanol–water partition coefficient (Wildman–Crippen LogP) is 2.11. The molecule has 0 spiro atoms. The third-order valence-corrected chi connectivity index (χ3v) is 4.25. The first-order valence-corrected chi connectivity index (χ1v) is 6.83. The lowest BCUT2D eigenvalue weighted by molar-refractivity contribution is 0.0743. The number of carbonyl (C=O) groups excluding carboxylic acids is 1. The highest BCUT2D eigenvalue weighted by Gasteiger charge is 2.30. The monoisotopic (exact) mass is 242 g/mol. The molecule has 15 heavy (non-hydrogen) atoms. The summed E-state index contributed by atoms with van der Waals surface area (Å²) in [5, 5.41) is 1.82. The molecule has 0 atom stereocenters. The number of nitrogens with zero attached hydrogens (tertiary/aromatic N) is 2. The average Bonchev–Trinajstić information content (AvgIpc) is 2.67. The van der Waals surface area contributed by atoms with Crippen LogP contribution in [0.4, 0.5) is 0 Å². The van der Waals surface area contributed by atoms with Gasteiger partial charge in [-0.05, 0) is 13.8 Å². The van der Waals surface area contributed by atoms with Gasteiger partial charge in [0.15, 0.2) is 0 Å². The van der Waals surface area contributed by atoms with E-state index in [2.05, 4.69) is 18.8 Å². The van der Waals surface area contributed by atoms with E-state index in [0.717, 1.165) is 18.8 Å². The number of hydrogen-bond donors (Lipinski definition) is 0. The Labute approximate surface area is 97.9 Å². The minimum atomic E-state index is 0.0737. The molecule has 82 valence electrons. The normalized spacial score (nSPS) is 20.3. The van der Waals surface area contributed by atoms with Gasteiger partial charge in [-0.1, -0.05) is 0 Å². The van der Waals surface area contributed by atoms with E-state index in [9.17, 15) is 4.79 Å². The van der Waals surface area contributed by atoms with Gasteiger partial charge in [-0.25, -0.2) is 4.98 Å². The van der Waals surface area contributed by atoms with E-state index in [1.165, 1.54) is 11.3 Å². The van der Waals surface area contributed by atoms with Crippen LogP contribution in [0.5, 0.6) is 0 Å². The summed E-state index contributed by atoms with van der Waals surface area (Å²) in [5.74, 6) is 1.09. The molecule has 1 aliphatic rings. The molecule has 0 aromatic carbocycles. The van der Waals surface area contributed by atoms with Gasteiger partial charge in [0, 0.05) is 29.0 Å². The summed E-state index contributed by atoms with van der Waals surface area (Å²) in [4.78, 5) is 18.0. The largest absolute Gasteiger partial charge is 0.335 e. The Bertz CT molecular complexity index is 348. The predicted molar refractivity (Wildman–Crippen MR) is 64.6 cm³/mol. The van der Waals surface area contributed by atoms with Crippen LogP contribution < -0.4 is 0 Å². The second kappa shape index (κ2) is 4.14. The van der Waals surface area contributed by atoms with Crippen molar-refractivity contribution in [3.05, 3.63) is 16.6 Å². The van der Waals surface area contributed by atoms with Gasteiger partial charge in [0.05, 0.1) is 5.51 Å².